The molecule has 0 radical (unpaired) electrons. The second kappa shape index (κ2) is 28.5. The Bertz CT molecular complexity index is 6740. The van der Waals surface area contributed by atoms with Crippen molar-refractivity contribution in [3.05, 3.63) is 382 Å². The Labute approximate surface area is 684 Å². The second-order valence-corrected chi connectivity index (χ2v) is 32.6. The molecule has 0 aliphatic rings. The lowest BCUT2D eigenvalue weighted by Gasteiger charge is -2.17. The van der Waals surface area contributed by atoms with E-state index in [2.05, 4.69) is 412 Å². The SMILES string of the molecule is Cc1cc(C)c(-c2ccc3c(c2)c2cc(-c4c(C)cc(C)cc4C)ccc2n3-c2ccccc2-c2nc(-c3ccccc3-n3c4ccc(-c5c(C)cc(C)cc5C)cc4c4cc(-c5c(C)cc(C)cc5C)ccc43)nc(-n3c4ccc(-c5ccccc5-c5ccccc5)cc4c4cc(-c5ccccc5-c5ccccc5)ccc43)n2)c(C)c1. The van der Waals surface area contributed by atoms with Crippen molar-refractivity contribution in [2.75, 3.05) is 0 Å². The van der Waals surface area contributed by atoms with E-state index in [1.165, 1.54) is 111 Å². The molecule has 0 unspecified atom stereocenters. The normalized spacial score (nSPS) is 11.8. The summed E-state index contributed by atoms with van der Waals surface area (Å²) in [6, 6.07) is 117. The fourth-order valence-corrected chi connectivity index (χ4v) is 19.9. The molecule has 0 bridgehead atoms. The van der Waals surface area contributed by atoms with Gasteiger partial charge in [-0.3, -0.25) is 4.57 Å². The molecule has 4 heterocycles. The number of para-hydroxylation sites is 2. The molecule has 117 heavy (non-hydrogen) atoms. The molecule has 0 amide bonds. The van der Waals surface area contributed by atoms with Crippen molar-refractivity contribution in [3.63, 3.8) is 0 Å². The van der Waals surface area contributed by atoms with Gasteiger partial charge in [-0.2, -0.15) is 9.97 Å². The molecule has 0 N–H and O–H groups in total. The van der Waals surface area contributed by atoms with E-state index < -0.39 is 0 Å². The molecule has 0 saturated heterocycles. The largest absolute Gasteiger partial charge is 0.309 e. The van der Waals surface area contributed by atoms with Gasteiger partial charge in [0.05, 0.1) is 44.5 Å². The maximum atomic E-state index is 5.96. The van der Waals surface area contributed by atoms with E-state index in [1.54, 1.807) is 0 Å². The highest BCUT2D eigenvalue weighted by Crippen LogP contribution is 2.47. The second-order valence-electron chi connectivity index (χ2n) is 32.6. The Morgan fingerprint density at radius 2 is 0.402 bits per heavy atom. The highest BCUT2D eigenvalue weighted by Gasteiger charge is 2.28. The molecule has 20 aromatic rings. The Balaban J connectivity index is 0.867. The predicted octanol–water partition coefficient (Wildman–Crippen LogP) is 29.5. The number of aryl methyl sites for hydroxylation is 12. The van der Waals surface area contributed by atoms with Gasteiger partial charge in [0.1, 0.15) is 0 Å². The van der Waals surface area contributed by atoms with Crippen molar-refractivity contribution in [2.24, 2.45) is 0 Å². The molecular formula is C111H88N6. The molecule has 20 rings (SSSR count). The van der Waals surface area contributed by atoms with Gasteiger partial charge in [-0.15, -0.1) is 0 Å². The van der Waals surface area contributed by atoms with Crippen molar-refractivity contribution in [2.45, 2.75) is 83.1 Å². The number of fused-ring (bicyclic) bond motifs is 9. The fourth-order valence-electron chi connectivity index (χ4n) is 19.9. The minimum absolute atomic E-state index is 0.489. The van der Waals surface area contributed by atoms with Gasteiger partial charge in [-0.1, -0.05) is 241 Å². The van der Waals surface area contributed by atoms with Crippen molar-refractivity contribution in [1.29, 1.82) is 0 Å². The van der Waals surface area contributed by atoms with Crippen LogP contribution in [-0.2, 0) is 0 Å². The van der Waals surface area contributed by atoms with Crippen LogP contribution in [0.4, 0.5) is 0 Å². The smallest absolute Gasteiger partial charge is 0.238 e. The van der Waals surface area contributed by atoms with Crippen LogP contribution >= 0.6 is 0 Å². The summed E-state index contributed by atoms with van der Waals surface area (Å²) in [5, 5.41) is 6.78. The molecule has 0 saturated carbocycles. The van der Waals surface area contributed by atoms with Gasteiger partial charge < -0.3 is 9.13 Å². The van der Waals surface area contributed by atoms with Crippen LogP contribution in [0.2, 0.25) is 0 Å². The van der Waals surface area contributed by atoms with Crippen LogP contribution in [-0.4, -0.2) is 28.7 Å². The molecule has 16 aromatic carbocycles. The molecule has 0 fully saturated rings. The van der Waals surface area contributed by atoms with Crippen LogP contribution in [0, 0.1) is 83.1 Å². The van der Waals surface area contributed by atoms with Crippen molar-refractivity contribution >= 4 is 65.4 Å². The Morgan fingerprint density at radius 3 is 0.684 bits per heavy atom. The molecular weight excluding hydrogens is 1420 g/mol. The molecule has 6 heteroatoms. The van der Waals surface area contributed by atoms with Crippen molar-refractivity contribution in [1.82, 2.24) is 28.7 Å². The standard InChI is InChI=1S/C111H88N6/c1-65-51-69(5)105(70(6)52-65)81-41-47-99-93(61-81)94-62-82(106-71(7)53-66(2)54-72(106)8)42-48-100(94)115(99)97-37-25-23-35-89(97)109-112-110(90-36-24-26-38-98(90)116-101-49-43-83(107-73(9)55-67(3)56-74(107)10)63-95(101)96-64-84(44-50-102(96)116)108-75(11)57-68(4)58-76(108)12)114-111(113-109)117-103-45-39-79(87-33-21-19-31-85(87)77-27-15-13-16-28-77)59-91(103)92-60-80(40-46-104(92)117)88-34-22-20-32-86(88)78-29-17-14-18-30-78/h13-64H,1-12H3. The first-order chi connectivity index (χ1) is 56.9. The lowest BCUT2D eigenvalue weighted by Crippen LogP contribution is -2.09. The van der Waals surface area contributed by atoms with E-state index in [4.69, 9.17) is 15.0 Å². The van der Waals surface area contributed by atoms with Gasteiger partial charge >= 0.3 is 0 Å². The Morgan fingerprint density at radius 1 is 0.179 bits per heavy atom. The van der Waals surface area contributed by atoms with Gasteiger partial charge in [-0.25, -0.2) is 4.98 Å². The zero-order valence-electron chi connectivity index (χ0n) is 68.2. The minimum Gasteiger partial charge on any atom is -0.309 e. The summed E-state index contributed by atoms with van der Waals surface area (Å²) in [5.41, 5.74) is 43.9. The number of benzene rings is 16. The molecule has 0 aliphatic heterocycles. The third-order valence-electron chi connectivity index (χ3n) is 24.4. The van der Waals surface area contributed by atoms with Crippen molar-refractivity contribution < 1.29 is 0 Å². The van der Waals surface area contributed by atoms with Crippen LogP contribution in [0.15, 0.2) is 315 Å². The van der Waals surface area contributed by atoms with Gasteiger partial charge in [0.15, 0.2) is 11.6 Å². The quantitative estimate of drug-likeness (QED) is 0.116. The Hall–Kier alpha value is -14.1. The zero-order valence-corrected chi connectivity index (χ0v) is 68.2. The molecule has 6 nitrogen and oxygen atoms in total. The summed E-state index contributed by atoms with van der Waals surface area (Å²) in [5.74, 6) is 1.55. The van der Waals surface area contributed by atoms with Crippen molar-refractivity contribution in [3.8, 4) is 129 Å². The van der Waals surface area contributed by atoms with Gasteiger partial charge in [0.2, 0.25) is 5.95 Å². The molecule has 4 aromatic heterocycles. The first-order valence-corrected chi connectivity index (χ1v) is 40.8. The number of nitrogens with zero attached hydrogens (tertiary/aromatic N) is 6. The van der Waals surface area contributed by atoms with Gasteiger partial charge in [-0.05, 0) is 314 Å². The summed E-state index contributed by atoms with van der Waals surface area (Å²) in [7, 11) is 0. The van der Waals surface area contributed by atoms with Crippen LogP contribution in [0.3, 0.4) is 0 Å². The van der Waals surface area contributed by atoms with E-state index in [-0.39, 0.29) is 0 Å². The Kier molecular flexibility index (Phi) is 17.5. The van der Waals surface area contributed by atoms with Crippen LogP contribution in [0.5, 0.6) is 0 Å². The monoisotopic (exact) mass is 1500 g/mol. The third-order valence-corrected chi connectivity index (χ3v) is 24.4. The van der Waals surface area contributed by atoms with Crippen LogP contribution in [0.1, 0.15) is 66.8 Å². The molecule has 562 valence electrons. The lowest BCUT2D eigenvalue weighted by atomic mass is 9.91. The van der Waals surface area contributed by atoms with E-state index in [0.717, 1.165) is 132 Å². The maximum absolute atomic E-state index is 5.96. The average Bonchev–Trinajstić information content (AvgIpc) is 1.57. The average molecular weight is 1510 g/mol. The number of rotatable bonds is 13. The molecule has 0 atom stereocenters. The summed E-state index contributed by atoms with van der Waals surface area (Å²) in [4.78, 5) is 17.9. The third kappa shape index (κ3) is 12.3. The van der Waals surface area contributed by atoms with Crippen LogP contribution in [0.25, 0.3) is 195 Å². The summed E-state index contributed by atoms with van der Waals surface area (Å²) >= 11 is 0. The first-order valence-electron chi connectivity index (χ1n) is 40.8. The summed E-state index contributed by atoms with van der Waals surface area (Å²) in [6.45, 7) is 26.8. The maximum Gasteiger partial charge on any atom is 0.238 e. The summed E-state index contributed by atoms with van der Waals surface area (Å²) in [6.07, 6.45) is 0. The van der Waals surface area contributed by atoms with E-state index in [0.29, 0.717) is 17.6 Å². The fraction of sp³-hybridized carbons (Fsp3) is 0.108. The van der Waals surface area contributed by atoms with Crippen LogP contribution < -0.4 is 0 Å². The molecule has 0 spiro atoms. The zero-order chi connectivity index (χ0) is 79.8. The van der Waals surface area contributed by atoms with Gasteiger partial charge in [0.25, 0.3) is 0 Å². The topological polar surface area (TPSA) is 53.5 Å². The molecule has 0 aliphatic carbocycles. The van der Waals surface area contributed by atoms with E-state index in [9.17, 15) is 0 Å². The lowest BCUT2D eigenvalue weighted by molar-refractivity contribution is 0.950. The van der Waals surface area contributed by atoms with Gasteiger partial charge in [0, 0.05) is 43.4 Å². The number of aromatic nitrogens is 6. The number of hydrogen-bond acceptors (Lipinski definition) is 3. The highest BCUT2D eigenvalue weighted by molar-refractivity contribution is 6.15. The first kappa shape index (κ1) is 71.9. The van der Waals surface area contributed by atoms with E-state index in [1.807, 2.05) is 0 Å². The van der Waals surface area contributed by atoms with E-state index >= 15 is 0 Å². The summed E-state index contributed by atoms with van der Waals surface area (Å²) < 4.78 is 7.21. The predicted molar refractivity (Wildman–Crippen MR) is 494 cm³/mol. The number of hydrogen-bond donors (Lipinski definition) is 0. The minimum atomic E-state index is 0.489. The highest BCUT2D eigenvalue weighted by atomic mass is 15.2.